The first kappa shape index (κ1) is 20.9. The van der Waals surface area contributed by atoms with Crippen molar-refractivity contribution in [2.24, 2.45) is 0 Å². The lowest BCUT2D eigenvalue weighted by Gasteiger charge is -2.34. The number of carbonyl (C=O) groups excluding carboxylic acids is 1. The normalized spacial score (nSPS) is 19.4. The zero-order valence-electron chi connectivity index (χ0n) is 16.9. The summed E-state index contributed by atoms with van der Waals surface area (Å²) in [5.41, 5.74) is -0.853. The minimum absolute atomic E-state index is 0.0642. The van der Waals surface area contributed by atoms with Gasteiger partial charge in [0.15, 0.2) is 5.75 Å². The summed E-state index contributed by atoms with van der Waals surface area (Å²) in [5.74, 6) is -3.20. The van der Waals surface area contributed by atoms with Crippen LogP contribution >= 0.6 is 0 Å². The van der Waals surface area contributed by atoms with Gasteiger partial charge in [0, 0.05) is 25.2 Å². The van der Waals surface area contributed by atoms with Gasteiger partial charge in [-0.05, 0) is 30.7 Å². The number of halogens is 3. The summed E-state index contributed by atoms with van der Waals surface area (Å²) in [6.45, 7) is 0.817. The number of amides is 1. The maximum absolute atomic E-state index is 15.2. The number of benzene rings is 2. The number of piperazine rings is 1. The molecule has 5 rings (SSSR count). The lowest BCUT2D eigenvalue weighted by atomic mass is 10.1. The molecule has 1 amide bonds. The van der Waals surface area contributed by atoms with E-state index in [1.165, 1.54) is 6.07 Å². The molecule has 2 fully saturated rings. The number of fused-ring (bicyclic) bond motifs is 3. The lowest BCUT2D eigenvalue weighted by Crippen LogP contribution is -2.46. The first-order valence-corrected chi connectivity index (χ1v) is 9.99. The molecule has 2 aromatic carbocycles. The molecule has 2 aliphatic rings. The van der Waals surface area contributed by atoms with Gasteiger partial charge in [-0.25, -0.2) is 18.0 Å². The zero-order chi connectivity index (χ0) is 23.4. The summed E-state index contributed by atoms with van der Waals surface area (Å²) in [6.07, 6.45) is 0.627. The van der Waals surface area contributed by atoms with Crippen molar-refractivity contribution in [3.63, 3.8) is 0 Å². The van der Waals surface area contributed by atoms with Crippen molar-refractivity contribution in [2.45, 2.75) is 18.5 Å². The predicted octanol–water partition coefficient (Wildman–Crippen LogP) is 2.88. The number of nitrogens with zero attached hydrogens (tertiary/aromatic N) is 3. The Bertz CT molecular complexity index is 1380. The van der Waals surface area contributed by atoms with E-state index in [0.717, 1.165) is 35.4 Å². The van der Waals surface area contributed by atoms with Crippen LogP contribution in [0.3, 0.4) is 0 Å². The van der Waals surface area contributed by atoms with Gasteiger partial charge in [-0.2, -0.15) is 0 Å². The van der Waals surface area contributed by atoms with Crippen LogP contribution in [0, 0.1) is 17.5 Å². The van der Waals surface area contributed by atoms with E-state index >= 15 is 4.39 Å². The number of rotatable bonds is 4. The summed E-state index contributed by atoms with van der Waals surface area (Å²) < 4.78 is 48.9. The fraction of sp³-hybridized carbons (Fsp3) is 0.227. The molecule has 2 aliphatic heterocycles. The van der Waals surface area contributed by atoms with Crippen LogP contribution in [0.5, 0.6) is 5.75 Å². The standard InChI is InChI=1S/C22H16F3N3O5/c23-11-1-2-17(15(24)3-11)28-9-20(33-22(31)32)21(30)14-5-16(25)19(6-18(14)28)27-8-12-4-13(27)7-26(12)10-29/h1-3,5-6,9-10,12-13H,4,7-8H2,(H,31,32). The molecule has 33 heavy (non-hydrogen) atoms. The van der Waals surface area contributed by atoms with Gasteiger partial charge >= 0.3 is 6.16 Å². The van der Waals surface area contributed by atoms with Crippen LogP contribution in [0.1, 0.15) is 6.42 Å². The second-order valence-electron chi connectivity index (χ2n) is 7.97. The molecule has 0 radical (unpaired) electrons. The molecule has 11 heteroatoms. The predicted molar refractivity (Wildman–Crippen MR) is 110 cm³/mol. The fourth-order valence-electron chi connectivity index (χ4n) is 4.69. The third-order valence-electron chi connectivity index (χ3n) is 6.13. The molecular formula is C22H16F3N3O5. The first-order chi connectivity index (χ1) is 15.8. The van der Waals surface area contributed by atoms with Gasteiger partial charge in [-0.1, -0.05) is 0 Å². The molecule has 2 atom stereocenters. The van der Waals surface area contributed by atoms with Crippen molar-refractivity contribution in [1.29, 1.82) is 0 Å². The number of pyridine rings is 1. The van der Waals surface area contributed by atoms with Crippen molar-refractivity contribution in [2.75, 3.05) is 18.0 Å². The molecular weight excluding hydrogens is 443 g/mol. The number of likely N-dealkylation sites (tertiary alicyclic amines) is 1. The highest BCUT2D eigenvalue weighted by Gasteiger charge is 2.43. The van der Waals surface area contributed by atoms with Crippen LogP contribution in [-0.4, -0.2) is 52.3 Å². The van der Waals surface area contributed by atoms with E-state index < -0.39 is 34.8 Å². The van der Waals surface area contributed by atoms with Crippen LogP contribution in [0.2, 0.25) is 0 Å². The van der Waals surface area contributed by atoms with Gasteiger partial charge in [0.05, 0.1) is 34.5 Å². The Morgan fingerprint density at radius 3 is 2.45 bits per heavy atom. The molecule has 3 heterocycles. The van der Waals surface area contributed by atoms with Crippen molar-refractivity contribution in [3.05, 3.63) is 64.2 Å². The van der Waals surface area contributed by atoms with Crippen LogP contribution in [0.15, 0.2) is 41.3 Å². The van der Waals surface area contributed by atoms with E-state index in [0.29, 0.717) is 25.6 Å². The summed E-state index contributed by atoms with van der Waals surface area (Å²) in [5, 5.41) is 8.72. The summed E-state index contributed by atoms with van der Waals surface area (Å²) in [6, 6.07) is 4.87. The number of hydrogen-bond donors (Lipinski definition) is 1. The maximum Gasteiger partial charge on any atom is 0.511 e. The Hall–Kier alpha value is -4.02. The third-order valence-corrected chi connectivity index (χ3v) is 6.13. The Kier molecular flexibility index (Phi) is 4.76. The minimum atomic E-state index is -1.78. The number of hydrogen-bond acceptors (Lipinski definition) is 5. The zero-order valence-corrected chi connectivity index (χ0v) is 16.9. The molecule has 2 unspecified atom stereocenters. The molecule has 8 nitrogen and oxygen atoms in total. The SMILES string of the molecule is O=CN1CC2CC1CN2c1cc2c(cc1F)c(=O)c(OC(=O)O)cn2-c1ccc(F)cc1F. The third kappa shape index (κ3) is 3.36. The molecule has 2 bridgehead atoms. The Morgan fingerprint density at radius 2 is 1.82 bits per heavy atom. The summed E-state index contributed by atoms with van der Waals surface area (Å²) in [4.78, 5) is 38.4. The van der Waals surface area contributed by atoms with E-state index in [1.807, 2.05) is 0 Å². The minimum Gasteiger partial charge on any atom is -0.449 e. The molecule has 2 saturated heterocycles. The molecule has 170 valence electrons. The number of carboxylic acid groups (broad SMARTS) is 1. The topological polar surface area (TPSA) is 92.1 Å². The van der Waals surface area contributed by atoms with Gasteiger partial charge in [0.1, 0.15) is 17.5 Å². The molecule has 0 spiro atoms. The second kappa shape index (κ2) is 7.54. The van der Waals surface area contributed by atoms with Gasteiger partial charge < -0.3 is 24.2 Å². The van der Waals surface area contributed by atoms with Crippen molar-refractivity contribution in [1.82, 2.24) is 9.47 Å². The van der Waals surface area contributed by atoms with Crippen molar-refractivity contribution >= 4 is 29.2 Å². The highest BCUT2D eigenvalue weighted by Crippen LogP contribution is 2.37. The fourth-order valence-corrected chi connectivity index (χ4v) is 4.69. The Labute approximate surface area is 184 Å². The van der Waals surface area contributed by atoms with Gasteiger partial charge in [0.25, 0.3) is 0 Å². The second-order valence-corrected chi connectivity index (χ2v) is 7.97. The monoisotopic (exact) mass is 459 g/mol. The van der Waals surface area contributed by atoms with Crippen LogP contribution in [-0.2, 0) is 4.79 Å². The number of carbonyl (C=O) groups is 2. The quantitative estimate of drug-likeness (QED) is 0.477. The van der Waals surface area contributed by atoms with Crippen LogP contribution in [0.25, 0.3) is 16.6 Å². The molecule has 1 N–H and O–H groups in total. The highest BCUT2D eigenvalue weighted by molar-refractivity contribution is 5.86. The average Bonchev–Trinajstić information content (AvgIpc) is 3.36. The summed E-state index contributed by atoms with van der Waals surface area (Å²) >= 11 is 0. The van der Waals surface area contributed by atoms with E-state index in [4.69, 9.17) is 5.11 Å². The number of aromatic nitrogens is 1. The van der Waals surface area contributed by atoms with Crippen LogP contribution < -0.4 is 15.1 Å². The Morgan fingerprint density at radius 1 is 1.06 bits per heavy atom. The number of anilines is 1. The van der Waals surface area contributed by atoms with Crippen molar-refractivity contribution < 1.29 is 32.6 Å². The smallest absolute Gasteiger partial charge is 0.449 e. The van der Waals surface area contributed by atoms with Gasteiger partial charge in [-0.3, -0.25) is 9.59 Å². The average molecular weight is 459 g/mol. The molecule has 0 aliphatic carbocycles. The molecule has 3 aromatic rings. The van der Waals surface area contributed by atoms with E-state index in [2.05, 4.69) is 4.74 Å². The molecule has 1 aromatic heterocycles. The lowest BCUT2D eigenvalue weighted by molar-refractivity contribution is -0.119. The Balaban J connectivity index is 1.72. The number of ether oxygens (including phenoxy) is 1. The van der Waals surface area contributed by atoms with E-state index in [-0.39, 0.29) is 34.4 Å². The summed E-state index contributed by atoms with van der Waals surface area (Å²) in [7, 11) is 0. The highest BCUT2D eigenvalue weighted by atomic mass is 19.1. The first-order valence-electron chi connectivity index (χ1n) is 9.99. The van der Waals surface area contributed by atoms with E-state index in [9.17, 15) is 23.2 Å². The maximum atomic E-state index is 15.2. The van der Waals surface area contributed by atoms with E-state index in [1.54, 1.807) is 9.80 Å². The van der Waals surface area contributed by atoms with Crippen molar-refractivity contribution in [3.8, 4) is 11.4 Å². The largest absolute Gasteiger partial charge is 0.511 e. The van der Waals surface area contributed by atoms with Gasteiger partial charge in [-0.15, -0.1) is 0 Å². The molecule has 0 saturated carbocycles. The van der Waals surface area contributed by atoms with Crippen LogP contribution in [0.4, 0.5) is 23.7 Å². The van der Waals surface area contributed by atoms with Gasteiger partial charge in [0.2, 0.25) is 11.8 Å².